The summed E-state index contributed by atoms with van der Waals surface area (Å²) in [6.45, 7) is 3.85. The summed E-state index contributed by atoms with van der Waals surface area (Å²) in [5.41, 5.74) is 0.667. The van der Waals surface area contributed by atoms with Gasteiger partial charge in [0, 0.05) is 0 Å². The highest BCUT2D eigenvalue weighted by Crippen LogP contribution is 2.42. The molecule has 68 valence electrons. The van der Waals surface area contributed by atoms with Crippen LogP contribution in [0.15, 0.2) is 30.3 Å². The molecule has 1 saturated heterocycles. The van der Waals surface area contributed by atoms with Crippen molar-refractivity contribution in [3.63, 3.8) is 0 Å². The van der Waals surface area contributed by atoms with Gasteiger partial charge in [0.15, 0.2) is 0 Å². The van der Waals surface area contributed by atoms with Crippen molar-refractivity contribution in [1.82, 2.24) is 0 Å². The molecule has 1 fully saturated rings. The van der Waals surface area contributed by atoms with Crippen LogP contribution in [0, 0.1) is 5.92 Å². The van der Waals surface area contributed by atoms with Gasteiger partial charge in [0.2, 0.25) is 0 Å². The lowest BCUT2D eigenvalue weighted by Gasteiger charge is -2.43. The van der Waals surface area contributed by atoms with E-state index in [2.05, 4.69) is 0 Å². The summed E-state index contributed by atoms with van der Waals surface area (Å²) in [7, 11) is 0. The van der Waals surface area contributed by atoms with Gasteiger partial charge in [-0.1, -0.05) is 30.3 Å². The van der Waals surface area contributed by atoms with Gasteiger partial charge in [0.25, 0.3) is 0 Å². The van der Waals surface area contributed by atoms with Crippen LogP contribution >= 0.6 is 0 Å². The Morgan fingerprint density at radius 1 is 1.31 bits per heavy atom. The number of cyclic esters (lactones) is 1. The maximum Gasteiger partial charge on any atom is 0.313 e. The third-order valence-electron chi connectivity index (χ3n) is 2.84. The van der Waals surface area contributed by atoms with E-state index in [1.165, 1.54) is 0 Å². The molecule has 1 heterocycles. The fourth-order valence-electron chi connectivity index (χ4n) is 1.63. The average Bonchev–Trinajstić information content (AvgIpc) is 2.19. The molecular formula is C11H12O2. The van der Waals surface area contributed by atoms with Gasteiger partial charge in [0.05, 0.1) is 5.92 Å². The summed E-state index contributed by atoms with van der Waals surface area (Å²) >= 11 is 0. The molecule has 2 heteroatoms. The Labute approximate surface area is 77.5 Å². The van der Waals surface area contributed by atoms with Crippen molar-refractivity contribution in [3.05, 3.63) is 35.9 Å². The predicted octanol–water partition coefficient (Wildman–Crippen LogP) is 2.09. The van der Waals surface area contributed by atoms with Crippen molar-refractivity contribution < 1.29 is 9.53 Å². The number of carbonyl (C=O) groups excluding carboxylic acids is 1. The lowest BCUT2D eigenvalue weighted by atomic mass is 9.79. The van der Waals surface area contributed by atoms with Crippen molar-refractivity contribution in [2.75, 3.05) is 0 Å². The maximum atomic E-state index is 11.0. The first kappa shape index (κ1) is 8.30. The molecule has 0 spiro atoms. The van der Waals surface area contributed by atoms with Gasteiger partial charge in [-0.25, -0.2) is 0 Å². The molecule has 2 rings (SSSR count). The molecular weight excluding hydrogens is 164 g/mol. The van der Waals surface area contributed by atoms with Crippen molar-refractivity contribution in [1.29, 1.82) is 0 Å². The Morgan fingerprint density at radius 3 is 2.38 bits per heavy atom. The second kappa shape index (κ2) is 2.59. The van der Waals surface area contributed by atoms with Gasteiger partial charge in [0.1, 0.15) is 5.60 Å². The summed E-state index contributed by atoms with van der Waals surface area (Å²) in [6.07, 6.45) is 0. The summed E-state index contributed by atoms with van der Waals surface area (Å²) in [5.74, 6) is -0.138. The highest BCUT2D eigenvalue weighted by molar-refractivity contribution is 5.80. The molecule has 2 nitrogen and oxygen atoms in total. The summed E-state index contributed by atoms with van der Waals surface area (Å²) in [4.78, 5) is 11.0. The molecule has 1 aliphatic heterocycles. The highest BCUT2D eigenvalue weighted by Gasteiger charge is 2.51. The molecule has 13 heavy (non-hydrogen) atoms. The SMILES string of the molecule is C[C@@H]1C(=O)O[C@@]1(C)c1ccccc1. The Balaban J connectivity index is 2.33. The lowest BCUT2D eigenvalue weighted by Crippen LogP contribution is -2.51. The molecule has 2 atom stereocenters. The van der Waals surface area contributed by atoms with Crippen molar-refractivity contribution in [2.45, 2.75) is 19.4 Å². The van der Waals surface area contributed by atoms with Crippen LogP contribution in [0.25, 0.3) is 0 Å². The Bertz CT molecular complexity index is 331. The molecule has 0 bridgehead atoms. The first-order valence-electron chi connectivity index (χ1n) is 4.43. The van der Waals surface area contributed by atoms with E-state index in [1.807, 2.05) is 44.2 Å². The van der Waals surface area contributed by atoms with Gasteiger partial charge in [-0.2, -0.15) is 0 Å². The molecule has 0 N–H and O–H groups in total. The first-order chi connectivity index (χ1) is 6.14. The summed E-state index contributed by atoms with van der Waals surface area (Å²) in [6, 6.07) is 9.85. The zero-order valence-corrected chi connectivity index (χ0v) is 7.78. The van der Waals surface area contributed by atoms with E-state index in [-0.39, 0.29) is 11.9 Å². The van der Waals surface area contributed by atoms with Crippen LogP contribution in [0.4, 0.5) is 0 Å². The molecule has 1 aromatic rings. The second-order valence-electron chi connectivity index (χ2n) is 3.62. The van der Waals surface area contributed by atoms with E-state index in [0.29, 0.717) is 0 Å². The summed E-state index contributed by atoms with van der Waals surface area (Å²) in [5, 5.41) is 0. The van der Waals surface area contributed by atoms with Crippen LogP contribution in [-0.4, -0.2) is 5.97 Å². The maximum absolute atomic E-state index is 11.0. The van der Waals surface area contributed by atoms with Gasteiger partial charge in [-0.3, -0.25) is 4.79 Å². The minimum atomic E-state index is -0.404. The average molecular weight is 176 g/mol. The van der Waals surface area contributed by atoms with Crippen molar-refractivity contribution >= 4 is 5.97 Å². The van der Waals surface area contributed by atoms with Crippen LogP contribution < -0.4 is 0 Å². The fourth-order valence-corrected chi connectivity index (χ4v) is 1.63. The van der Waals surface area contributed by atoms with E-state index in [4.69, 9.17) is 4.74 Å². The quantitative estimate of drug-likeness (QED) is 0.612. The zero-order valence-electron chi connectivity index (χ0n) is 7.78. The third-order valence-corrected chi connectivity index (χ3v) is 2.84. The number of hydrogen-bond donors (Lipinski definition) is 0. The van der Waals surface area contributed by atoms with Crippen molar-refractivity contribution in [3.8, 4) is 0 Å². The number of rotatable bonds is 1. The van der Waals surface area contributed by atoms with Gasteiger partial charge in [-0.15, -0.1) is 0 Å². The van der Waals surface area contributed by atoms with Gasteiger partial charge in [-0.05, 0) is 19.4 Å². The zero-order chi connectivity index (χ0) is 9.47. The Kier molecular flexibility index (Phi) is 1.65. The number of benzene rings is 1. The van der Waals surface area contributed by atoms with Crippen LogP contribution in [0.1, 0.15) is 19.4 Å². The Hall–Kier alpha value is -1.31. The smallest absolute Gasteiger partial charge is 0.313 e. The molecule has 1 aliphatic rings. The number of esters is 1. The summed E-state index contributed by atoms with van der Waals surface area (Å²) < 4.78 is 5.19. The molecule has 0 saturated carbocycles. The van der Waals surface area contributed by atoms with E-state index in [1.54, 1.807) is 0 Å². The number of hydrogen-bond acceptors (Lipinski definition) is 2. The van der Waals surface area contributed by atoms with E-state index in [9.17, 15) is 4.79 Å². The number of ether oxygens (including phenoxy) is 1. The van der Waals surface area contributed by atoms with Crippen LogP contribution in [0.2, 0.25) is 0 Å². The molecule has 0 radical (unpaired) electrons. The molecule has 0 aliphatic carbocycles. The van der Waals surface area contributed by atoms with Crippen LogP contribution in [0.3, 0.4) is 0 Å². The Morgan fingerprint density at radius 2 is 1.92 bits per heavy atom. The van der Waals surface area contributed by atoms with Crippen LogP contribution in [0.5, 0.6) is 0 Å². The lowest BCUT2D eigenvalue weighted by molar-refractivity contribution is -0.209. The van der Waals surface area contributed by atoms with Gasteiger partial charge >= 0.3 is 5.97 Å². The predicted molar refractivity (Wildman–Crippen MR) is 49.1 cm³/mol. The highest BCUT2D eigenvalue weighted by atomic mass is 16.6. The third kappa shape index (κ3) is 1.05. The minimum Gasteiger partial charge on any atom is -0.453 e. The van der Waals surface area contributed by atoms with Crippen molar-refractivity contribution in [2.24, 2.45) is 5.92 Å². The normalized spacial score (nSPS) is 32.2. The van der Waals surface area contributed by atoms with E-state index >= 15 is 0 Å². The van der Waals surface area contributed by atoms with Crippen LogP contribution in [-0.2, 0) is 15.1 Å². The number of carbonyl (C=O) groups is 1. The van der Waals surface area contributed by atoms with E-state index < -0.39 is 5.60 Å². The molecule has 0 amide bonds. The van der Waals surface area contributed by atoms with Gasteiger partial charge < -0.3 is 4.74 Å². The molecule has 0 unspecified atom stereocenters. The molecule has 0 aromatic heterocycles. The second-order valence-corrected chi connectivity index (χ2v) is 3.62. The fraction of sp³-hybridized carbons (Fsp3) is 0.364. The first-order valence-corrected chi connectivity index (χ1v) is 4.43. The largest absolute Gasteiger partial charge is 0.453 e. The van der Waals surface area contributed by atoms with E-state index in [0.717, 1.165) is 5.56 Å². The minimum absolute atomic E-state index is 0.0325. The standard InChI is InChI=1S/C11H12O2/c1-8-10(12)13-11(8,2)9-6-4-3-5-7-9/h3-8H,1-2H3/t8-,11-/m1/s1. The monoisotopic (exact) mass is 176 g/mol. The topological polar surface area (TPSA) is 26.3 Å². The molecule has 1 aromatic carbocycles.